The highest BCUT2D eigenvalue weighted by atomic mass is 32.2. The second-order valence-corrected chi connectivity index (χ2v) is 8.20. The Balaban J connectivity index is 2.65. The van der Waals surface area contributed by atoms with Gasteiger partial charge in [0, 0.05) is 35.4 Å². The van der Waals surface area contributed by atoms with Crippen LogP contribution in [0.15, 0.2) is 29.2 Å². The lowest BCUT2D eigenvalue weighted by atomic mass is 10.1. The summed E-state index contributed by atoms with van der Waals surface area (Å²) in [6, 6.07) is 7.07. The predicted octanol–water partition coefficient (Wildman–Crippen LogP) is 1.40. The van der Waals surface area contributed by atoms with E-state index in [0.717, 1.165) is 12.1 Å². The Morgan fingerprint density at radius 2 is 1.86 bits per heavy atom. The SMILES string of the molecule is CCNC(C)c1ccc(S(=O)(=O)NCCCS(C)=O)cc1. The van der Waals surface area contributed by atoms with Gasteiger partial charge in [-0.2, -0.15) is 0 Å². The third kappa shape index (κ3) is 6.25. The van der Waals surface area contributed by atoms with Gasteiger partial charge in [0.2, 0.25) is 10.0 Å². The van der Waals surface area contributed by atoms with Crippen molar-refractivity contribution in [1.29, 1.82) is 0 Å². The zero-order valence-electron chi connectivity index (χ0n) is 12.8. The zero-order valence-corrected chi connectivity index (χ0v) is 14.4. The summed E-state index contributed by atoms with van der Waals surface area (Å²) in [6.07, 6.45) is 2.18. The van der Waals surface area contributed by atoms with Crippen LogP contribution in [-0.2, 0) is 20.8 Å². The molecule has 0 saturated carbocycles. The van der Waals surface area contributed by atoms with E-state index in [0.29, 0.717) is 18.7 Å². The van der Waals surface area contributed by atoms with Crippen LogP contribution in [0.2, 0.25) is 0 Å². The fraction of sp³-hybridized carbons (Fsp3) is 0.571. The predicted molar refractivity (Wildman–Crippen MR) is 87.3 cm³/mol. The molecule has 0 fully saturated rings. The molecular weight excluding hydrogens is 308 g/mol. The summed E-state index contributed by atoms with van der Waals surface area (Å²) in [5, 5.41) is 3.28. The van der Waals surface area contributed by atoms with Gasteiger partial charge >= 0.3 is 0 Å². The van der Waals surface area contributed by atoms with Gasteiger partial charge in [-0.3, -0.25) is 4.21 Å². The lowest BCUT2D eigenvalue weighted by molar-refractivity contribution is 0.579. The lowest BCUT2D eigenvalue weighted by Crippen LogP contribution is -2.25. The molecule has 1 aromatic rings. The molecule has 1 aromatic carbocycles. The molecule has 0 aliphatic rings. The van der Waals surface area contributed by atoms with E-state index in [2.05, 4.69) is 10.0 Å². The number of rotatable bonds is 9. The molecule has 0 saturated heterocycles. The van der Waals surface area contributed by atoms with E-state index in [9.17, 15) is 12.6 Å². The highest BCUT2D eigenvalue weighted by Gasteiger charge is 2.14. The van der Waals surface area contributed by atoms with Gasteiger partial charge in [-0.05, 0) is 37.6 Å². The topological polar surface area (TPSA) is 75.3 Å². The third-order valence-electron chi connectivity index (χ3n) is 3.10. The number of hydrogen-bond acceptors (Lipinski definition) is 4. The molecule has 0 spiro atoms. The van der Waals surface area contributed by atoms with Crippen LogP contribution in [0, 0.1) is 0 Å². The molecule has 0 radical (unpaired) electrons. The van der Waals surface area contributed by atoms with E-state index < -0.39 is 20.8 Å². The maximum absolute atomic E-state index is 12.1. The van der Waals surface area contributed by atoms with Crippen LogP contribution in [0.4, 0.5) is 0 Å². The molecular formula is C14H24N2O3S2. The average molecular weight is 332 g/mol. The van der Waals surface area contributed by atoms with Gasteiger partial charge in [0.25, 0.3) is 0 Å². The van der Waals surface area contributed by atoms with Crippen molar-refractivity contribution in [3.63, 3.8) is 0 Å². The van der Waals surface area contributed by atoms with Crippen LogP contribution in [0.3, 0.4) is 0 Å². The maximum atomic E-state index is 12.1. The Morgan fingerprint density at radius 1 is 1.24 bits per heavy atom. The number of hydrogen-bond donors (Lipinski definition) is 2. The average Bonchev–Trinajstić information content (AvgIpc) is 2.44. The van der Waals surface area contributed by atoms with E-state index in [1.807, 2.05) is 26.0 Å². The van der Waals surface area contributed by atoms with Crippen LogP contribution < -0.4 is 10.0 Å². The van der Waals surface area contributed by atoms with E-state index in [-0.39, 0.29) is 10.9 Å². The molecule has 2 N–H and O–H groups in total. The molecule has 0 bridgehead atoms. The van der Waals surface area contributed by atoms with Crippen LogP contribution in [0.5, 0.6) is 0 Å². The Kier molecular flexibility index (Phi) is 7.51. The van der Waals surface area contributed by atoms with Crippen molar-refractivity contribution in [2.45, 2.75) is 31.2 Å². The highest BCUT2D eigenvalue weighted by molar-refractivity contribution is 7.89. The minimum atomic E-state index is -3.48. The molecule has 120 valence electrons. The molecule has 1 rings (SSSR count). The van der Waals surface area contributed by atoms with Gasteiger partial charge in [-0.15, -0.1) is 0 Å². The van der Waals surface area contributed by atoms with E-state index >= 15 is 0 Å². The van der Waals surface area contributed by atoms with Gasteiger partial charge in [0.05, 0.1) is 4.90 Å². The van der Waals surface area contributed by atoms with E-state index in [1.54, 1.807) is 18.4 Å². The maximum Gasteiger partial charge on any atom is 0.240 e. The van der Waals surface area contributed by atoms with Crippen molar-refractivity contribution in [2.75, 3.05) is 25.1 Å². The van der Waals surface area contributed by atoms with Gasteiger partial charge in [0.15, 0.2) is 0 Å². The molecule has 21 heavy (non-hydrogen) atoms. The summed E-state index contributed by atoms with van der Waals surface area (Å²) in [5.41, 5.74) is 1.05. The second-order valence-electron chi connectivity index (χ2n) is 4.88. The second kappa shape index (κ2) is 8.63. The molecule has 5 nitrogen and oxygen atoms in total. The zero-order chi connectivity index (χ0) is 15.9. The van der Waals surface area contributed by atoms with E-state index in [4.69, 9.17) is 0 Å². The number of nitrogens with one attached hydrogen (secondary N) is 2. The van der Waals surface area contributed by atoms with Crippen molar-refractivity contribution < 1.29 is 12.6 Å². The third-order valence-corrected chi connectivity index (χ3v) is 5.44. The Morgan fingerprint density at radius 3 is 2.38 bits per heavy atom. The largest absolute Gasteiger partial charge is 0.310 e. The summed E-state index contributed by atoms with van der Waals surface area (Å²) in [7, 11) is -4.37. The smallest absolute Gasteiger partial charge is 0.240 e. The summed E-state index contributed by atoms with van der Waals surface area (Å²) < 4.78 is 37.6. The van der Waals surface area contributed by atoms with Crippen LogP contribution in [0.1, 0.15) is 31.9 Å². The molecule has 7 heteroatoms. The lowest BCUT2D eigenvalue weighted by Gasteiger charge is -2.13. The summed E-state index contributed by atoms with van der Waals surface area (Å²) >= 11 is 0. The van der Waals surface area contributed by atoms with Crippen LogP contribution in [-0.4, -0.2) is 37.7 Å². The number of benzene rings is 1. The molecule has 2 atom stereocenters. The summed E-state index contributed by atoms with van der Waals surface area (Å²) in [6.45, 7) is 5.23. The molecule has 0 amide bonds. The van der Waals surface area contributed by atoms with Crippen molar-refractivity contribution >= 4 is 20.8 Å². The fourth-order valence-corrected chi connectivity index (χ4v) is 3.55. The van der Waals surface area contributed by atoms with Crippen LogP contribution >= 0.6 is 0 Å². The first kappa shape index (κ1) is 18.3. The molecule has 0 heterocycles. The first-order chi connectivity index (χ1) is 9.86. The van der Waals surface area contributed by atoms with E-state index in [1.165, 1.54) is 0 Å². The normalized spacial score (nSPS) is 14.8. The standard InChI is InChI=1S/C14H24N2O3S2/c1-4-15-12(2)13-6-8-14(9-7-13)21(18,19)16-10-5-11-20(3)17/h6-9,12,15-16H,4-5,10-11H2,1-3H3. The van der Waals surface area contributed by atoms with Crippen molar-refractivity contribution in [3.8, 4) is 0 Å². The molecule has 0 aromatic heterocycles. The number of sulfonamides is 1. The first-order valence-electron chi connectivity index (χ1n) is 7.00. The first-order valence-corrected chi connectivity index (χ1v) is 10.2. The minimum absolute atomic E-state index is 0.194. The molecule has 2 unspecified atom stereocenters. The van der Waals surface area contributed by atoms with Crippen molar-refractivity contribution in [1.82, 2.24) is 10.0 Å². The van der Waals surface area contributed by atoms with Crippen molar-refractivity contribution in [3.05, 3.63) is 29.8 Å². The Hall–Kier alpha value is -0.760. The van der Waals surface area contributed by atoms with Gasteiger partial charge < -0.3 is 5.32 Å². The van der Waals surface area contributed by atoms with Crippen LogP contribution in [0.25, 0.3) is 0 Å². The quantitative estimate of drug-likeness (QED) is 0.670. The Bertz CT molecular complexity index is 556. The van der Waals surface area contributed by atoms with Gasteiger partial charge in [0.1, 0.15) is 0 Å². The van der Waals surface area contributed by atoms with Gasteiger partial charge in [-0.25, -0.2) is 13.1 Å². The molecule has 0 aliphatic carbocycles. The Labute approximate surface area is 130 Å². The minimum Gasteiger partial charge on any atom is -0.310 e. The van der Waals surface area contributed by atoms with Gasteiger partial charge in [-0.1, -0.05) is 19.1 Å². The summed E-state index contributed by atoms with van der Waals surface area (Å²) in [5.74, 6) is 0.502. The fourth-order valence-electron chi connectivity index (χ4n) is 1.92. The van der Waals surface area contributed by atoms with Crippen molar-refractivity contribution in [2.24, 2.45) is 0 Å². The highest BCUT2D eigenvalue weighted by Crippen LogP contribution is 2.16. The molecule has 0 aliphatic heterocycles. The monoisotopic (exact) mass is 332 g/mol. The summed E-state index contributed by atoms with van der Waals surface area (Å²) in [4.78, 5) is 0.257.